The molecule has 1 rings (SSSR count). The number of piperidine rings is 1. The first-order valence-corrected chi connectivity index (χ1v) is 6.28. The molecule has 0 bridgehead atoms. The van der Waals surface area contributed by atoms with Crippen molar-refractivity contribution in [2.45, 2.75) is 13.3 Å². The van der Waals surface area contributed by atoms with Crippen LogP contribution < -0.4 is 5.32 Å². The van der Waals surface area contributed by atoms with Crippen LogP contribution in [0.1, 0.15) is 13.3 Å². The van der Waals surface area contributed by atoms with Crippen molar-refractivity contribution in [2.24, 2.45) is 11.8 Å². The molecule has 1 N–H and O–H groups in total. The van der Waals surface area contributed by atoms with Crippen LogP contribution in [0.2, 0.25) is 0 Å². The maximum Gasteiger partial charge on any atom is 0.309 e. The van der Waals surface area contributed by atoms with Gasteiger partial charge in [0.25, 0.3) is 0 Å². The molecular weight excluding hydrogens is 262 g/mol. The minimum Gasteiger partial charge on any atom is -0.466 e. The van der Waals surface area contributed by atoms with Crippen LogP contribution in [0.3, 0.4) is 0 Å². The maximum atomic E-state index is 11.6. The van der Waals surface area contributed by atoms with Crippen molar-refractivity contribution in [1.29, 1.82) is 0 Å². The molecule has 2 unspecified atom stereocenters. The molecule has 15 heavy (non-hydrogen) atoms. The number of esters is 1. The van der Waals surface area contributed by atoms with E-state index in [1.807, 2.05) is 0 Å². The van der Waals surface area contributed by atoms with Gasteiger partial charge in [0.2, 0.25) is 0 Å². The highest BCUT2D eigenvalue weighted by atomic mass is 79.9. The van der Waals surface area contributed by atoms with Gasteiger partial charge in [-0.1, -0.05) is 15.9 Å². The molecule has 0 spiro atoms. The van der Waals surface area contributed by atoms with Crippen LogP contribution in [0.25, 0.3) is 0 Å². The summed E-state index contributed by atoms with van der Waals surface area (Å²) in [5.74, 6) is -0.674. The van der Waals surface area contributed by atoms with E-state index in [9.17, 15) is 9.59 Å². The Bertz CT molecular complexity index is 245. The molecule has 0 aliphatic carbocycles. The van der Waals surface area contributed by atoms with Crippen LogP contribution in [0.4, 0.5) is 0 Å². The van der Waals surface area contributed by atoms with E-state index in [4.69, 9.17) is 4.74 Å². The van der Waals surface area contributed by atoms with Gasteiger partial charge in [0.15, 0.2) is 0 Å². The van der Waals surface area contributed by atoms with Gasteiger partial charge in [0.05, 0.1) is 17.9 Å². The third kappa shape index (κ3) is 3.28. The summed E-state index contributed by atoms with van der Waals surface area (Å²) in [6.07, 6.45) is 0.683. The lowest BCUT2D eigenvalue weighted by atomic mass is 9.84. The zero-order chi connectivity index (χ0) is 11.3. The molecule has 1 aliphatic rings. The number of alkyl halides is 1. The second-order valence-corrected chi connectivity index (χ2v) is 4.12. The van der Waals surface area contributed by atoms with E-state index >= 15 is 0 Å². The smallest absolute Gasteiger partial charge is 0.309 e. The molecule has 0 radical (unpaired) electrons. The van der Waals surface area contributed by atoms with Gasteiger partial charge in [-0.3, -0.25) is 9.59 Å². The van der Waals surface area contributed by atoms with Gasteiger partial charge in [0.1, 0.15) is 5.78 Å². The molecule has 86 valence electrons. The van der Waals surface area contributed by atoms with Crippen molar-refractivity contribution >= 4 is 27.7 Å². The van der Waals surface area contributed by atoms with Crippen molar-refractivity contribution in [3.63, 3.8) is 0 Å². The number of hydrogen-bond acceptors (Lipinski definition) is 4. The average Bonchev–Trinajstić information content (AvgIpc) is 2.28. The molecule has 1 aliphatic heterocycles. The fraction of sp³-hybridized carbons (Fsp3) is 0.800. The Hall–Kier alpha value is -0.420. The topological polar surface area (TPSA) is 55.4 Å². The second-order valence-electron chi connectivity index (χ2n) is 3.56. The van der Waals surface area contributed by atoms with Crippen molar-refractivity contribution < 1.29 is 14.3 Å². The fourth-order valence-electron chi connectivity index (χ4n) is 1.83. The third-order valence-electron chi connectivity index (χ3n) is 2.62. The summed E-state index contributed by atoms with van der Waals surface area (Å²) in [6.45, 7) is 3.50. The van der Waals surface area contributed by atoms with Crippen LogP contribution in [-0.2, 0) is 14.3 Å². The lowest BCUT2D eigenvalue weighted by Crippen LogP contribution is -2.45. The van der Waals surface area contributed by atoms with Crippen molar-refractivity contribution in [3.05, 3.63) is 0 Å². The largest absolute Gasteiger partial charge is 0.466 e. The number of Topliss-reactive ketones (excluding diaryl/α,β-unsaturated/α-hetero) is 1. The number of hydrogen-bond donors (Lipinski definition) is 1. The molecule has 1 heterocycles. The Morgan fingerprint density at radius 1 is 1.47 bits per heavy atom. The fourth-order valence-corrected chi connectivity index (χ4v) is 2.24. The number of carbonyl (C=O) groups is 2. The maximum absolute atomic E-state index is 11.6. The van der Waals surface area contributed by atoms with Crippen molar-refractivity contribution in [1.82, 2.24) is 5.32 Å². The Morgan fingerprint density at radius 3 is 2.80 bits per heavy atom. The Balaban J connectivity index is 2.65. The highest BCUT2D eigenvalue weighted by molar-refractivity contribution is 9.09. The predicted octanol–water partition coefficient (Wildman–Crippen LogP) is 0.739. The molecule has 0 aromatic heterocycles. The third-order valence-corrected chi connectivity index (χ3v) is 3.17. The Labute approximate surface area is 97.9 Å². The molecule has 1 fully saturated rings. The minimum absolute atomic E-state index is 0.0697. The van der Waals surface area contributed by atoms with Gasteiger partial charge in [0, 0.05) is 12.5 Å². The van der Waals surface area contributed by atoms with Crippen LogP contribution in [0, 0.1) is 11.8 Å². The lowest BCUT2D eigenvalue weighted by Gasteiger charge is -2.28. The van der Waals surface area contributed by atoms with E-state index < -0.39 is 0 Å². The monoisotopic (exact) mass is 277 g/mol. The van der Waals surface area contributed by atoms with Gasteiger partial charge < -0.3 is 10.1 Å². The first kappa shape index (κ1) is 12.6. The summed E-state index contributed by atoms with van der Waals surface area (Å²) >= 11 is 3.14. The summed E-state index contributed by atoms with van der Waals surface area (Å²) in [7, 11) is 0. The van der Waals surface area contributed by atoms with Gasteiger partial charge in [-0.2, -0.15) is 0 Å². The van der Waals surface area contributed by atoms with Gasteiger partial charge >= 0.3 is 5.97 Å². The molecule has 2 atom stereocenters. The van der Waals surface area contributed by atoms with E-state index in [1.54, 1.807) is 6.92 Å². The van der Waals surface area contributed by atoms with Crippen LogP contribution in [-0.4, -0.2) is 36.8 Å². The van der Waals surface area contributed by atoms with Crippen LogP contribution in [0.15, 0.2) is 0 Å². The number of halogens is 1. The summed E-state index contributed by atoms with van der Waals surface area (Å²) in [6, 6.07) is 0. The first-order valence-electron chi connectivity index (χ1n) is 5.16. The highest BCUT2D eigenvalue weighted by Crippen LogP contribution is 2.22. The average molecular weight is 278 g/mol. The number of ether oxygens (including phenoxy) is 1. The number of carbonyl (C=O) groups excluding carboxylic acids is 2. The lowest BCUT2D eigenvalue weighted by molar-refractivity contribution is -0.153. The van der Waals surface area contributed by atoms with E-state index in [0.29, 0.717) is 24.9 Å². The standard InChI is InChI=1S/C10H16BrNO3/c1-2-15-10(14)7-3-4-12-6-8(7)9(13)5-11/h7-8,12H,2-6H2,1H3. The molecule has 4 nitrogen and oxygen atoms in total. The molecular formula is C10H16BrNO3. The van der Waals surface area contributed by atoms with Gasteiger partial charge in [-0.05, 0) is 19.9 Å². The summed E-state index contributed by atoms with van der Waals surface area (Å²) < 4.78 is 4.97. The van der Waals surface area contributed by atoms with Gasteiger partial charge in [-0.15, -0.1) is 0 Å². The number of ketones is 1. The van der Waals surface area contributed by atoms with Gasteiger partial charge in [-0.25, -0.2) is 0 Å². The van der Waals surface area contributed by atoms with Crippen LogP contribution in [0.5, 0.6) is 0 Å². The molecule has 0 aromatic rings. The highest BCUT2D eigenvalue weighted by Gasteiger charge is 2.35. The summed E-state index contributed by atoms with van der Waals surface area (Å²) in [5.41, 5.74) is 0. The molecule has 1 saturated heterocycles. The van der Waals surface area contributed by atoms with Crippen molar-refractivity contribution in [3.8, 4) is 0 Å². The summed E-state index contributed by atoms with van der Waals surface area (Å²) in [4.78, 5) is 23.2. The summed E-state index contributed by atoms with van der Waals surface area (Å²) in [5, 5.41) is 3.43. The Kier molecular flexibility index (Phi) is 5.25. The van der Waals surface area contributed by atoms with Crippen molar-refractivity contribution in [2.75, 3.05) is 25.0 Å². The van der Waals surface area contributed by atoms with E-state index in [1.165, 1.54) is 0 Å². The molecule has 0 saturated carbocycles. The number of nitrogens with one attached hydrogen (secondary N) is 1. The molecule has 0 aromatic carbocycles. The zero-order valence-corrected chi connectivity index (χ0v) is 10.4. The van der Waals surface area contributed by atoms with E-state index in [-0.39, 0.29) is 23.6 Å². The second kappa shape index (κ2) is 6.23. The predicted molar refractivity (Wildman–Crippen MR) is 59.9 cm³/mol. The normalized spacial score (nSPS) is 26.0. The molecule has 5 heteroatoms. The van der Waals surface area contributed by atoms with Crippen LogP contribution >= 0.6 is 15.9 Å². The zero-order valence-electron chi connectivity index (χ0n) is 8.79. The van der Waals surface area contributed by atoms with E-state index in [2.05, 4.69) is 21.2 Å². The number of rotatable bonds is 4. The quantitative estimate of drug-likeness (QED) is 0.608. The van der Waals surface area contributed by atoms with E-state index in [0.717, 1.165) is 6.54 Å². The Morgan fingerprint density at radius 2 is 2.20 bits per heavy atom. The SMILES string of the molecule is CCOC(=O)C1CCNCC1C(=O)CBr. The first-order chi connectivity index (χ1) is 7.20. The minimum atomic E-state index is -0.267. The molecule has 0 amide bonds.